The summed E-state index contributed by atoms with van der Waals surface area (Å²) in [7, 11) is -2.08. The molecule has 1 aliphatic carbocycles. The molecule has 0 bridgehead atoms. The molecule has 2 rings (SSSR count). The van der Waals surface area contributed by atoms with Crippen LogP contribution in [0, 0.1) is 5.92 Å². The number of sulfonamides is 1. The maximum atomic E-state index is 12.2. The van der Waals surface area contributed by atoms with Crippen molar-refractivity contribution >= 4 is 37.6 Å². The second-order valence-electron chi connectivity index (χ2n) is 4.72. The summed E-state index contributed by atoms with van der Waals surface area (Å²) >= 11 is 9.32. The molecule has 1 saturated carbocycles. The van der Waals surface area contributed by atoms with E-state index in [1.165, 1.54) is 11.7 Å². The first kappa shape index (κ1) is 15.2. The first-order valence-electron chi connectivity index (χ1n) is 6.10. The van der Waals surface area contributed by atoms with Gasteiger partial charge in [0.15, 0.2) is 4.60 Å². The first-order valence-corrected chi connectivity index (χ1v) is 8.82. The van der Waals surface area contributed by atoms with Gasteiger partial charge < -0.3 is 0 Å². The van der Waals surface area contributed by atoms with Crippen molar-refractivity contribution in [3.63, 3.8) is 0 Å². The van der Waals surface area contributed by atoms with Gasteiger partial charge in [0.1, 0.15) is 0 Å². The van der Waals surface area contributed by atoms with Crippen LogP contribution in [0.1, 0.15) is 25.7 Å². The van der Waals surface area contributed by atoms with Crippen molar-refractivity contribution in [2.75, 3.05) is 6.54 Å². The second-order valence-corrected chi connectivity index (χ2v) is 7.72. The van der Waals surface area contributed by atoms with Gasteiger partial charge in [0.2, 0.25) is 5.03 Å². The Balaban J connectivity index is 2.06. The van der Waals surface area contributed by atoms with Crippen molar-refractivity contribution in [1.82, 2.24) is 19.7 Å². The lowest BCUT2D eigenvalue weighted by atomic mass is 9.89. The molecule has 2 unspecified atom stereocenters. The maximum absolute atomic E-state index is 12.2. The highest BCUT2D eigenvalue weighted by atomic mass is 79.9. The van der Waals surface area contributed by atoms with Crippen molar-refractivity contribution < 1.29 is 8.42 Å². The first-order chi connectivity index (χ1) is 8.92. The fraction of sp³-hybridized carbons (Fsp3) is 0.800. The van der Waals surface area contributed by atoms with E-state index >= 15 is 0 Å². The van der Waals surface area contributed by atoms with Crippen LogP contribution in [0.4, 0.5) is 0 Å². The van der Waals surface area contributed by atoms with Crippen molar-refractivity contribution in [2.24, 2.45) is 13.0 Å². The Kier molecular flexibility index (Phi) is 4.86. The zero-order valence-corrected chi connectivity index (χ0v) is 13.7. The van der Waals surface area contributed by atoms with Crippen molar-refractivity contribution in [3.8, 4) is 0 Å². The molecule has 6 nitrogen and oxygen atoms in total. The second kappa shape index (κ2) is 6.07. The summed E-state index contributed by atoms with van der Waals surface area (Å²) < 4.78 is 28.4. The van der Waals surface area contributed by atoms with Crippen molar-refractivity contribution in [3.05, 3.63) is 4.60 Å². The van der Waals surface area contributed by atoms with Crippen LogP contribution in [0.2, 0.25) is 0 Å². The zero-order valence-electron chi connectivity index (χ0n) is 10.5. The minimum atomic E-state index is -3.62. The van der Waals surface area contributed by atoms with E-state index in [1.54, 1.807) is 0 Å². The molecule has 108 valence electrons. The highest BCUT2D eigenvalue weighted by Crippen LogP contribution is 2.28. The molecule has 0 aliphatic heterocycles. The number of nitrogens with zero attached hydrogens (tertiary/aromatic N) is 3. The molecule has 0 saturated heterocycles. The SMILES string of the molecule is Cn1nnc(Br)c1S(=O)(=O)NCC1CCCCC1Cl. The van der Waals surface area contributed by atoms with Crippen LogP contribution in [0.15, 0.2) is 9.63 Å². The summed E-state index contributed by atoms with van der Waals surface area (Å²) in [6, 6.07) is 0. The molecule has 0 spiro atoms. The Hall–Kier alpha value is -0.180. The number of halogens is 2. The number of aromatic nitrogens is 3. The molecular weight excluding hydrogens is 356 g/mol. The number of rotatable bonds is 4. The van der Waals surface area contributed by atoms with Crippen LogP contribution in [0.25, 0.3) is 0 Å². The molecule has 1 aromatic heterocycles. The quantitative estimate of drug-likeness (QED) is 0.817. The van der Waals surface area contributed by atoms with E-state index in [1.807, 2.05) is 0 Å². The molecule has 0 radical (unpaired) electrons. The topological polar surface area (TPSA) is 76.9 Å². The Morgan fingerprint density at radius 3 is 2.74 bits per heavy atom. The molecule has 1 N–H and O–H groups in total. The average molecular weight is 372 g/mol. The summed E-state index contributed by atoms with van der Waals surface area (Å²) in [6.45, 7) is 0.355. The molecule has 9 heteroatoms. The molecule has 0 amide bonds. The minimum Gasteiger partial charge on any atom is -0.235 e. The van der Waals surface area contributed by atoms with Gasteiger partial charge in [0.25, 0.3) is 10.0 Å². The molecule has 1 aromatic rings. The predicted molar refractivity (Wildman–Crippen MR) is 75.5 cm³/mol. The number of hydrogen-bond acceptors (Lipinski definition) is 4. The number of alkyl halides is 1. The fourth-order valence-corrected chi connectivity index (χ4v) is 4.84. The van der Waals surface area contributed by atoms with Gasteiger partial charge in [-0.2, -0.15) is 0 Å². The number of nitrogens with one attached hydrogen (secondary N) is 1. The summed E-state index contributed by atoms with van der Waals surface area (Å²) in [5, 5.41) is 7.43. The highest BCUT2D eigenvalue weighted by molar-refractivity contribution is 9.10. The number of aryl methyl sites for hydroxylation is 1. The lowest BCUT2D eigenvalue weighted by Crippen LogP contribution is -2.35. The van der Waals surface area contributed by atoms with Crippen LogP contribution in [-0.4, -0.2) is 35.3 Å². The van der Waals surface area contributed by atoms with Crippen LogP contribution < -0.4 is 4.72 Å². The van der Waals surface area contributed by atoms with E-state index in [2.05, 4.69) is 31.0 Å². The lowest BCUT2D eigenvalue weighted by Gasteiger charge is -2.26. The standard InChI is InChI=1S/C10H16BrClN4O2S/c1-16-10(9(11)14-15-16)19(17,18)13-6-7-4-2-3-5-8(7)12/h7-8,13H,2-6H2,1H3. The largest absolute Gasteiger partial charge is 0.260 e. The predicted octanol–water partition coefficient (Wildman–Crippen LogP) is 1.65. The Morgan fingerprint density at radius 1 is 1.47 bits per heavy atom. The monoisotopic (exact) mass is 370 g/mol. The van der Waals surface area contributed by atoms with Crippen LogP contribution in [0.5, 0.6) is 0 Å². The summed E-state index contributed by atoms with van der Waals surface area (Å²) in [5.74, 6) is 0.185. The summed E-state index contributed by atoms with van der Waals surface area (Å²) in [5.41, 5.74) is 0. The van der Waals surface area contributed by atoms with E-state index < -0.39 is 10.0 Å². The molecule has 0 aromatic carbocycles. The van der Waals surface area contributed by atoms with E-state index in [-0.39, 0.29) is 20.9 Å². The van der Waals surface area contributed by atoms with Crippen LogP contribution in [-0.2, 0) is 17.1 Å². The van der Waals surface area contributed by atoms with Crippen LogP contribution >= 0.6 is 27.5 Å². The minimum absolute atomic E-state index is 0.0365. The zero-order chi connectivity index (χ0) is 14.0. The maximum Gasteiger partial charge on any atom is 0.260 e. The molecule has 1 aliphatic rings. The van der Waals surface area contributed by atoms with Gasteiger partial charge in [0.05, 0.1) is 0 Å². The van der Waals surface area contributed by atoms with Gasteiger partial charge in [-0.1, -0.05) is 18.1 Å². The van der Waals surface area contributed by atoms with Gasteiger partial charge >= 0.3 is 0 Å². The van der Waals surface area contributed by atoms with Gasteiger partial charge in [-0.05, 0) is 34.7 Å². The van der Waals surface area contributed by atoms with E-state index in [4.69, 9.17) is 11.6 Å². The third kappa shape index (κ3) is 3.48. The third-order valence-corrected chi connectivity index (χ3v) is 6.23. The third-order valence-electron chi connectivity index (χ3n) is 3.34. The Labute approximate surface area is 126 Å². The molecule has 1 heterocycles. The van der Waals surface area contributed by atoms with E-state index in [0.717, 1.165) is 25.7 Å². The summed E-state index contributed by atoms with van der Waals surface area (Å²) in [6.07, 6.45) is 4.13. The fourth-order valence-electron chi connectivity index (χ4n) is 2.29. The highest BCUT2D eigenvalue weighted by Gasteiger charge is 2.28. The van der Waals surface area contributed by atoms with Gasteiger partial charge in [0, 0.05) is 19.0 Å². The Bertz CT molecular complexity index is 528. The average Bonchev–Trinajstić information content (AvgIpc) is 2.69. The van der Waals surface area contributed by atoms with Crippen molar-refractivity contribution in [2.45, 2.75) is 36.1 Å². The van der Waals surface area contributed by atoms with Crippen LogP contribution in [0.3, 0.4) is 0 Å². The van der Waals surface area contributed by atoms with Crippen molar-refractivity contribution in [1.29, 1.82) is 0 Å². The summed E-state index contributed by atoms with van der Waals surface area (Å²) in [4.78, 5) is 0. The van der Waals surface area contributed by atoms with E-state index in [9.17, 15) is 8.42 Å². The molecule has 19 heavy (non-hydrogen) atoms. The lowest BCUT2D eigenvalue weighted by molar-refractivity contribution is 0.363. The van der Waals surface area contributed by atoms with Gasteiger partial charge in [-0.15, -0.1) is 16.7 Å². The number of hydrogen-bond donors (Lipinski definition) is 1. The molecular formula is C10H16BrClN4O2S. The normalized spacial score (nSPS) is 24.6. The molecule has 2 atom stereocenters. The van der Waals surface area contributed by atoms with Gasteiger partial charge in [-0.25, -0.2) is 17.8 Å². The van der Waals surface area contributed by atoms with Gasteiger partial charge in [-0.3, -0.25) is 0 Å². The Morgan fingerprint density at radius 2 is 2.16 bits per heavy atom. The molecule has 1 fully saturated rings. The van der Waals surface area contributed by atoms with E-state index in [0.29, 0.717) is 6.54 Å². The smallest absolute Gasteiger partial charge is 0.235 e.